The zero-order valence-corrected chi connectivity index (χ0v) is 16.0. The highest BCUT2D eigenvalue weighted by molar-refractivity contribution is 7.86. The number of carbonyl (C=O) groups is 2. The number of rotatable bonds is 10. The quantitative estimate of drug-likeness (QED) is 0.272. The summed E-state index contributed by atoms with van der Waals surface area (Å²) in [7, 11) is -3.88. The van der Waals surface area contributed by atoms with Gasteiger partial charge in [-0.2, -0.15) is 8.42 Å². The third-order valence-electron chi connectivity index (χ3n) is 3.93. The second kappa shape index (κ2) is 9.10. The van der Waals surface area contributed by atoms with Crippen molar-refractivity contribution >= 4 is 21.9 Å². The van der Waals surface area contributed by atoms with Gasteiger partial charge in [0.05, 0.1) is 17.8 Å². The van der Waals surface area contributed by atoms with Crippen LogP contribution in [0, 0.1) is 5.41 Å². The van der Waals surface area contributed by atoms with Crippen molar-refractivity contribution in [1.82, 2.24) is 0 Å². The van der Waals surface area contributed by atoms with Crippen LogP contribution in [0.2, 0.25) is 0 Å². The smallest absolute Gasteiger partial charge is 0.311 e. The Morgan fingerprint density at radius 1 is 1.16 bits per heavy atom. The lowest BCUT2D eigenvalue weighted by Gasteiger charge is -2.20. The van der Waals surface area contributed by atoms with Crippen LogP contribution in [0.3, 0.4) is 0 Å². The third-order valence-corrected chi connectivity index (χ3v) is 5.30. The summed E-state index contributed by atoms with van der Waals surface area (Å²) in [4.78, 5) is 23.9. The number of Topliss-reactive ketones (excluding diaryl/α,β-unsaturated/α-hetero) is 1. The molecule has 1 aromatic rings. The Balaban J connectivity index is 2.46. The van der Waals surface area contributed by atoms with Crippen LogP contribution in [0.25, 0.3) is 0 Å². The van der Waals surface area contributed by atoms with Crippen molar-refractivity contribution in [1.29, 1.82) is 0 Å². The maximum Gasteiger partial charge on any atom is 0.311 e. The van der Waals surface area contributed by atoms with Crippen LogP contribution >= 0.6 is 0 Å². The molecule has 0 spiro atoms. The van der Waals surface area contributed by atoms with E-state index in [0.29, 0.717) is 12.0 Å². The molecule has 7 heteroatoms. The molecule has 140 valence electrons. The lowest BCUT2D eigenvalue weighted by atomic mass is 9.91. The lowest BCUT2D eigenvalue weighted by molar-refractivity contribution is -0.154. The van der Waals surface area contributed by atoms with Crippen LogP contribution in [-0.4, -0.2) is 38.6 Å². The van der Waals surface area contributed by atoms with Gasteiger partial charge in [-0.3, -0.25) is 13.8 Å². The second-order valence-electron chi connectivity index (χ2n) is 6.46. The molecular weight excluding hydrogens is 344 g/mol. The molecule has 0 heterocycles. The average molecular weight is 370 g/mol. The van der Waals surface area contributed by atoms with Crippen LogP contribution in [0.1, 0.15) is 50.9 Å². The minimum atomic E-state index is -3.88. The summed E-state index contributed by atoms with van der Waals surface area (Å²) in [5.74, 6) is -1.08. The highest BCUT2D eigenvalue weighted by Crippen LogP contribution is 2.21. The predicted molar refractivity (Wildman–Crippen MR) is 94.8 cm³/mol. The fraction of sp³-hybridized carbons (Fsp3) is 0.556. The Bertz CT molecular complexity index is 679. The SMILES string of the molecule is CCC(C)(C)C(=O)OCCCS(=O)(=O)OC(C)C(=O)c1ccccc1. The van der Waals surface area contributed by atoms with E-state index in [-0.39, 0.29) is 24.7 Å². The van der Waals surface area contributed by atoms with Crippen molar-refractivity contribution in [3.05, 3.63) is 35.9 Å². The van der Waals surface area contributed by atoms with Gasteiger partial charge in [0.25, 0.3) is 10.1 Å². The van der Waals surface area contributed by atoms with Crippen molar-refractivity contribution < 1.29 is 26.9 Å². The molecule has 0 bridgehead atoms. The summed E-state index contributed by atoms with van der Waals surface area (Å²) in [6, 6.07) is 8.36. The molecule has 6 nitrogen and oxygen atoms in total. The van der Waals surface area contributed by atoms with Crippen molar-refractivity contribution in [2.24, 2.45) is 5.41 Å². The summed E-state index contributed by atoms with van der Waals surface area (Å²) in [5, 5.41) is 0. The van der Waals surface area contributed by atoms with E-state index < -0.39 is 27.4 Å². The van der Waals surface area contributed by atoms with Crippen LogP contribution in [0.4, 0.5) is 0 Å². The molecule has 0 aliphatic rings. The first kappa shape index (κ1) is 21.3. The largest absolute Gasteiger partial charge is 0.465 e. The van der Waals surface area contributed by atoms with E-state index in [9.17, 15) is 18.0 Å². The lowest BCUT2D eigenvalue weighted by Crippen LogP contribution is -2.28. The number of carbonyl (C=O) groups excluding carboxylic acids is 2. The van der Waals surface area contributed by atoms with Gasteiger partial charge < -0.3 is 4.74 Å². The molecule has 25 heavy (non-hydrogen) atoms. The number of esters is 1. The molecule has 1 unspecified atom stereocenters. The number of ketones is 1. The van der Waals surface area contributed by atoms with E-state index in [1.54, 1.807) is 44.2 Å². The van der Waals surface area contributed by atoms with Gasteiger partial charge in [0.2, 0.25) is 0 Å². The topological polar surface area (TPSA) is 86.7 Å². The van der Waals surface area contributed by atoms with Crippen molar-refractivity contribution in [2.75, 3.05) is 12.4 Å². The molecule has 0 aliphatic heterocycles. The first-order valence-electron chi connectivity index (χ1n) is 8.26. The molecule has 0 saturated carbocycles. The van der Waals surface area contributed by atoms with Crippen LogP contribution in [0.15, 0.2) is 30.3 Å². The van der Waals surface area contributed by atoms with Gasteiger partial charge in [-0.1, -0.05) is 37.3 Å². The fourth-order valence-corrected chi connectivity index (χ4v) is 2.98. The van der Waals surface area contributed by atoms with Crippen molar-refractivity contribution in [3.8, 4) is 0 Å². The minimum Gasteiger partial charge on any atom is -0.465 e. The molecule has 1 rings (SSSR count). The Morgan fingerprint density at radius 2 is 1.76 bits per heavy atom. The van der Waals surface area contributed by atoms with Crippen molar-refractivity contribution in [2.45, 2.75) is 46.6 Å². The van der Waals surface area contributed by atoms with E-state index in [0.717, 1.165) is 0 Å². The van der Waals surface area contributed by atoms with E-state index in [1.165, 1.54) is 6.92 Å². The zero-order chi connectivity index (χ0) is 19.1. The van der Waals surface area contributed by atoms with Gasteiger partial charge >= 0.3 is 5.97 Å². The first-order valence-corrected chi connectivity index (χ1v) is 9.84. The van der Waals surface area contributed by atoms with E-state index in [4.69, 9.17) is 8.92 Å². The first-order chi connectivity index (χ1) is 11.6. The molecule has 0 aliphatic carbocycles. The van der Waals surface area contributed by atoms with Crippen LogP contribution < -0.4 is 0 Å². The molecule has 0 radical (unpaired) electrons. The summed E-state index contributed by atoms with van der Waals surface area (Å²) in [6.07, 6.45) is -0.360. The summed E-state index contributed by atoms with van der Waals surface area (Å²) >= 11 is 0. The predicted octanol–water partition coefficient (Wildman–Crippen LogP) is 2.97. The number of hydrogen-bond acceptors (Lipinski definition) is 6. The zero-order valence-electron chi connectivity index (χ0n) is 15.2. The summed E-state index contributed by atoms with van der Waals surface area (Å²) < 4.78 is 33.9. The van der Waals surface area contributed by atoms with E-state index in [2.05, 4.69) is 0 Å². The Hall–Kier alpha value is -1.73. The maximum atomic E-state index is 12.1. The molecule has 1 atom stereocenters. The Labute approximate surface area is 149 Å². The second-order valence-corrected chi connectivity index (χ2v) is 8.17. The molecular formula is C18H26O6S. The minimum absolute atomic E-state index is 0.00807. The Morgan fingerprint density at radius 3 is 2.32 bits per heavy atom. The average Bonchev–Trinajstić information content (AvgIpc) is 2.58. The standard InChI is InChI=1S/C18H26O6S/c1-5-18(3,4)17(20)23-12-9-13-25(21,22)24-14(2)16(19)15-10-7-6-8-11-15/h6-8,10-11,14H,5,9,12-13H2,1-4H3. The monoisotopic (exact) mass is 370 g/mol. The normalized spacial score (nSPS) is 13.3. The highest BCUT2D eigenvalue weighted by atomic mass is 32.2. The van der Waals surface area contributed by atoms with Crippen LogP contribution in [-0.2, 0) is 23.8 Å². The number of benzene rings is 1. The van der Waals surface area contributed by atoms with Crippen molar-refractivity contribution in [3.63, 3.8) is 0 Å². The summed E-state index contributed by atoms with van der Waals surface area (Å²) in [6.45, 7) is 6.81. The Kier molecular flexibility index (Phi) is 7.76. The maximum absolute atomic E-state index is 12.1. The van der Waals surface area contributed by atoms with Gasteiger partial charge in [0.1, 0.15) is 6.10 Å². The molecule has 1 aromatic carbocycles. The van der Waals surface area contributed by atoms with Gasteiger partial charge in [0, 0.05) is 5.56 Å². The molecule has 0 fully saturated rings. The van der Waals surface area contributed by atoms with Gasteiger partial charge in [-0.05, 0) is 33.6 Å². The molecule has 0 amide bonds. The molecule has 0 saturated heterocycles. The number of hydrogen-bond donors (Lipinski definition) is 0. The molecule has 0 N–H and O–H groups in total. The third kappa shape index (κ3) is 6.96. The van der Waals surface area contributed by atoms with Gasteiger partial charge in [-0.15, -0.1) is 0 Å². The summed E-state index contributed by atoms with van der Waals surface area (Å²) in [5.41, 5.74) is -0.202. The van der Waals surface area contributed by atoms with Gasteiger partial charge in [0.15, 0.2) is 5.78 Å². The highest BCUT2D eigenvalue weighted by Gasteiger charge is 2.27. The van der Waals surface area contributed by atoms with Crippen LogP contribution in [0.5, 0.6) is 0 Å². The number of ether oxygens (including phenoxy) is 1. The molecule has 0 aromatic heterocycles. The van der Waals surface area contributed by atoms with E-state index in [1.807, 2.05) is 6.92 Å². The van der Waals surface area contributed by atoms with Gasteiger partial charge in [-0.25, -0.2) is 0 Å². The van der Waals surface area contributed by atoms with E-state index >= 15 is 0 Å². The fourth-order valence-electron chi connectivity index (χ4n) is 1.89.